The van der Waals surface area contributed by atoms with E-state index in [0.29, 0.717) is 0 Å². The summed E-state index contributed by atoms with van der Waals surface area (Å²) in [6, 6.07) is 44.7. The van der Waals surface area contributed by atoms with Crippen LogP contribution < -0.4 is 5.69 Å². The molecule has 0 unspecified atom stereocenters. The van der Waals surface area contributed by atoms with Gasteiger partial charge in [-0.3, -0.25) is 9.13 Å². The van der Waals surface area contributed by atoms with Crippen LogP contribution in [0.5, 0.6) is 0 Å². The molecular weight excluding hydrogens is 416 g/mol. The monoisotopic (exact) mass is 438 g/mol. The highest BCUT2D eigenvalue weighted by Gasteiger charge is 2.16. The number of para-hydroxylation sites is 2. The summed E-state index contributed by atoms with van der Waals surface area (Å²) in [5.41, 5.74) is 7.85. The van der Waals surface area contributed by atoms with E-state index < -0.39 is 0 Å². The molecule has 1 aromatic heterocycles. The second-order valence-electron chi connectivity index (χ2n) is 8.27. The molecule has 0 aliphatic heterocycles. The van der Waals surface area contributed by atoms with Crippen molar-refractivity contribution in [1.82, 2.24) is 9.13 Å². The number of rotatable bonds is 4. The summed E-state index contributed by atoms with van der Waals surface area (Å²) < 4.78 is 3.59. The Labute approximate surface area is 197 Å². The first kappa shape index (κ1) is 20.0. The summed E-state index contributed by atoms with van der Waals surface area (Å²) in [6.45, 7) is 0. The van der Waals surface area contributed by atoms with E-state index in [2.05, 4.69) is 48.5 Å². The Morgan fingerprint density at radius 2 is 0.853 bits per heavy atom. The number of aromatic nitrogens is 2. The van der Waals surface area contributed by atoms with Gasteiger partial charge in [0.2, 0.25) is 0 Å². The van der Waals surface area contributed by atoms with Gasteiger partial charge in [-0.2, -0.15) is 0 Å². The predicted octanol–water partition coefficient (Wildman–Crippen LogP) is 7.12. The number of hydrogen-bond donors (Lipinski definition) is 0. The number of benzene rings is 5. The van der Waals surface area contributed by atoms with Gasteiger partial charge in [-0.05, 0) is 58.7 Å². The zero-order chi connectivity index (χ0) is 22.9. The van der Waals surface area contributed by atoms with Crippen LogP contribution in [0.15, 0.2) is 138 Å². The van der Waals surface area contributed by atoms with E-state index in [-0.39, 0.29) is 5.69 Å². The average Bonchev–Trinajstić information content (AvgIpc) is 3.21. The Morgan fingerprint density at radius 1 is 0.382 bits per heavy atom. The molecule has 0 aliphatic carbocycles. The lowest BCUT2D eigenvalue weighted by atomic mass is 10.1. The Balaban J connectivity index is 1.50. The molecule has 162 valence electrons. The molecule has 6 aromatic rings. The molecular formula is C31H22N2O. The smallest absolute Gasteiger partial charge is 0.260 e. The van der Waals surface area contributed by atoms with E-state index in [1.54, 1.807) is 9.13 Å². The largest absolute Gasteiger partial charge is 0.338 e. The Morgan fingerprint density at radius 3 is 1.47 bits per heavy atom. The van der Waals surface area contributed by atoms with Crippen LogP contribution in [0.1, 0.15) is 0 Å². The maximum absolute atomic E-state index is 13.8. The van der Waals surface area contributed by atoms with Gasteiger partial charge in [0.1, 0.15) is 0 Å². The molecule has 1 heterocycles. The summed E-state index contributed by atoms with van der Waals surface area (Å²) in [5, 5.41) is 0. The topological polar surface area (TPSA) is 26.9 Å². The molecule has 3 heteroatoms. The average molecular weight is 439 g/mol. The fourth-order valence-corrected chi connectivity index (χ4v) is 4.54. The molecule has 3 nitrogen and oxygen atoms in total. The molecule has 0 saturated heterocycles. The zero-order valence-electron chi connectivity index (χ0n) is 18.5. The van der Waals surface area contributed by atoms with Crippen molar-refractivity contribution in [1.29, 1.82) is 0 Å². The predicted molar refractivity (Wildman–Crippen MR) is 140 cm³/mol. The van der Waals surface area contributed by atoms with Crippen molar-refractivity contribution in [3.05, 3.63) is 144 Å². The molecule has 6 rings (SSSR count). The Hall–Kier alpha value is -4.63. The van der Waals surface area contributed by atoms with Gasteiger partial charge in [-0.25, -0.2) is 4.79 Å². The summed E-state index contributed by atoms with van der Waals surface area (Å²) >= 11 is 0. The Kier molecular flexibility index (Phi) is 4.93. The van der Waals surface area contributed by atoms with Crippen molar-refractivity contribution < 1.29 is 0 Å². The summed E-state index contributed by atoms with van der Waals surface area (Å²) in [4.78, 5) is 13.8. The van der Waals surface area contributed by atoms with Crippen molar-refractivity contribution in [2.75, 3.05) is 0 Å². The van der Waals surface area contributed by atoms with Crippen LogP contribution in [-0.2, 0) is 0 Å². The molecule has 0 atom stereocenters. The molecule has 0 spiro atoms. The van der Waals surface area contributed by atoms with Crippen LogP contribution in [0.2, 0.25) is 0 Å². The van der Waals surface area contributed by atoms with E-state index in [4.69, 9.17) is 0 Å². The minimum Gasteiger partial charge on any atom is -0.260 e. The van der Waals surface area contributed by atoms with E-state index in [9.17, 15) is 4.79 Å². The van der Waals surface area contributed by atoms with Gasteiger partial charge in [0.25, 0.3) is 0 Å². The summed E-state index contributed by atoms with van der Waals surface area (Å²) in [5.74, 6) is 0. The summed E-state index contributed by atoms with van der Waals surface area (Å²) in [6.07, 6.45) is 0. The maximum atomic E-state index is 13.8. The van der Waals surface area contributed by atoms with Crippen LogP contribution in [-0.4, -0.2) is 9.13 Å². The van der Waals surface area contributed by atoms with Gasteiger partial charge in [0, 0.05) is 0 Å². The molecule has 0 bridgehead atoms. The minimum atomic E-state index is -0.0844. The van der Waals surface area contributed by atoms with E-state index in [1.807, 2.05) is 84.9 Å². The molecule has 0 saturated carbocycles. The number of imidazole rings is 1. The highest BCUT2D eigenvalue weighted by molar-refractivity contribution is 5.81. The van der Waals surface area contributed by atoms with Crippen LogP contribution in [0, 0.1) is 0 Å². The lowest BCUT2D eigenvalue weighted by Gasteiger charge is -2.07. The van der Waals surface area contributed by atoms with Gasteiger partial charge in [0.05, 0.1) is 22.4 Å². The normalized spacial score (nSPS) is 11.1. The molecule has 0 fully saturated rings. The zero-order valence-corrected chi connectivity index (χ0v) is 18.5. The van der Waals surface area contributed by atoms with Crippen molar-refractivity contribution in [2.24, 2.45) is 0 Å². The Bertz CT molecular complexity index is 1640. The van der Waals surface area contributed by atoms with Crippen LogP contribution >= 0.6 is 0 Å². The van der Waals surface area contributed by atoms with Gasteiger partial charge < -0.3 is 0 Å². The quantitative estimate of drug-likeness (QED) is 0.288. The lowest BCUT2D eigenvalue weighted by molar-refractivity contribution is 0.931. The third kappa shape index (κ3) is 3.44. The summed E-state index contributed by atoms with van der Waals surface area (Å²) in [7, 11) is 0. The van der Waals surface area contributed by atoms with Crippen LogP contribution in [0.4, 0.5) is 0 Å². The third-order valence-corrected chi connectivity index (χ3v) is 6.19. The first-order valence-electron chi connectivity index (χ1n) is 11.3. The first-order chi connectivity index (χ1) is 16.8. The van der Waals surface area contributed by atoms with Gasteiger partial charge in [0.15, 0.2) is 0 Å². The second-order valence-corrected chi connectivity index (χ2v) is 8.27. The fourth-order valence-electron chi connectivity index (χ4n) is 4.54. The lowest BCUT2D eigenvalue weighted by Crippen LogP contribution is -2.22. The standard InChI is InChI=1S/C31H22N2O/c34-31-32(27-20-18-25(19-21-27)23-10-3-1-4-11-23)29-16-7-8-17-30(29)33(31)28-15-9-14-26(22-28)24-12-5-2-6-13-24/h1-22H. The molecule has 5 aromatic carbocycles. The maximum Gasteiger partial charge on any atom is 0.338 e. The van der Waals surface area contributed by atoms with Crippen molar-refractivity contribution in [3.63, 3.8) is 0 Å². The van der Waals surface area contributed by atoms with E-state index in [1.165, 1.54) is 0 Å². The molecule has 0 N–H and O–H groups in total. The van der Waals surface area contributed by atoms with Crippen LogP contribution in [0.25, 0.3) is 44.7 Å². The SMILES string of the molecule is O=c1n(-c2ccc(-c3ccccc3)cc2)c2ccccc2n1-c1cccc(-c2ccccc2)c1. The van der Waals surface area contributed by atoms with Gasteiger partial charge >= 0.3 is 5.69 Å². The van der Waals surface area contributed by atoms with Gasteiger partial charge in [-0.15, -0.1) is 0 Å². The molecule has 0 aliphatic rings. The number of fused-ring (bicyclic) bond motifs is 1. The highest BCUT2D eigenvalue weighted by Crippen LogP contribution is 2.26. The molecule has 0 amide bonds. The van der Waals surface area contributed by atoms with Crippen LogP contribution in [0.3, 0.4) is 0 Å². The minimum absolute atomic E-state index is 0.0844. The van der Waals surface area contributed by atoms with E-state index >= 15 is 0 Å². The molecule has 34 heavy (non-hydrogen) atoms. The highest BCUT2D eigenvalue weighted by atomic mass is 16.1. The first-order valence-corrected chi connectivity index (χ1v) is 11.3. The van der Waals surface area contributed by atoms with Crippen molar-refractivity contribution >= 4 is 11.0 Å². The van der Waals surface area contributed by atoms with Crippen molar-refractivity contribution in [2.45, 2.75) is 0 Å². The fraction of sp³-hybridized carbons (Fsp3) is 0. The van der Waals surface area contributed by atoms with Gasteiger partial charge in [-0.1, -0.05) is 97.1 Å². The second kappa shape index (κ2) is 8.38. The number of hydrogen-bond acceptors (Lipinski definition) is 1. The molecule has 0 radical (unpaired) electrons. The third-order valence-electron chi connectivity index (χ3n) is 6.19. The number of nitrogens with zero attached hydrogens (tertiary/aromatic N) is 2. The van der Waals surface area contributed by atoms with E-state index in [0.717, 1.165) is 44.7 Å². The van der Waals surface area contributed by atoms with Crippen molar-refractivity contribution in [3.8, 4) is 33.6 Å².